The lowest BCUT2D eigenvalue weighted by Gasteiger charge is -2.25. The number of rotatable bonds is 5. The SMILES string of the molecule is CNC(CCC1CCCCO1)c1cc(C)ccc1F. The molecule has 0 saturated carbocycles. The first-order valence-corrected chi connectivity index (χ1v) is 7.25. The molecule has 1 saturated heterocycles. The van der Waals surface area contributed by atoms with Crippen LogP contribution in [0.4, 0.5) is 4.39 Å². The molecule has 1 heterocycles. The van der Waals surface area contributed by atoms with Crippen LogP contribution in [0.25, 0.3) is 0 Å². The van der Waals surface area contributed by atoms with E-state index in [0.717, 1.165) is 37.0 Å². The summed E-state index contributed by atoms with van der Waals surface area (Å²) in [7, 11) is 1.90. The third-order valence-corrected chi connectivity index (χ3v) is 3.93. The molecule has 1 N–H and O–H groups in total. The average Bonchev–Trinajstić information content (AvgIpc) is 2.44. The van der Waals surface area contributed by atoms with Crippen molar-refractivity contribution in [2.45, 2.75) is 51.2 Å². The van der Waals surface area contributed by atoms with Crippen LogP contribution in [0, 0.1) is 12.7 Å². The predicted molar refractivity (Wildman–Crippen MR) is 75.8 cm³/mol. The van der Waals surface area contributed by atoms with E-state index in [1.54, 1.807) is 6.07 Å². The second kappa shape index (κ2) is 7.01. The van der Waals surface area contributed by atoms with Crippen LogP contribution in [0.3, 0.4) is 0 Å². The van der Waals surface area contributed by atoms with Crippen LogP contribution < -0.4 is 5.32 Å². The molecule has 2 unspecified atom stereocenters. The molecule has 0 amide bonds. The van der Waals surface area contributed by atoms with Gasteiger partial charge in [-0.1, -0.05) is 17.7 Å². The fraction of sp³-hybridized carbons (Fsp3) is 0.625. The smallest absolute Gasteiger partial charge is 0.127 e. The molecule has 1 aromatic carbocycles. The van der Waals surface area contributed by atoms with Crippen LogP contribution in [-0.4, -0.2) is 19.8 Å². The Morgan fingerprint density at radius 2 is 2.26 bits per heavy atom. The van der Waals surface area contributed by atoms with Crippen LogP contribution in [0.5, 0.6) is 0 Å². The minimum Gasteiger partial charge on any atom is -0.378 e. The number of halogens is 1. The molecular weight excluding hydrogens is 241 g/mol. The van der Waals surface area contributed by atoms with E-state index in [2.05, 4.69) is 5.32 Å². The zero-order valence-electron chi connectivity index (χ0n) is 11.9. The maximum absolute atomic E-state index is 13.9. The molecule has 0 aliphatic carbocycles. The van der Waals surface area contributed by atoms with E-state index in [1.165, 1.54) is 12.8 Å². The molecule has 2 rings (SSSR count). The van der Waals surface area contributed by atoms with Gasteiger partial charge in [-0.15, -0.1) is 0 Å². The van der Waals surface area contributed by atoms with Crippen molar-refractivity contribution in [2.24, 2.45) is 0 Å². The molecule has 19 heavy (non-hydrogen) atoms. The van der Waals surface area contributed by atoms with Crippen LogP contribution >= 0.6 is 0 Å². The van der Waals surface area contributed by atoms with Crippen LogP contribution in [-0.2, 0) is 4.74 Å². The summed E-state index contributed by atoms with van der Waals surface area (Å²) in [5.74, 6) is -0.116. The van der Waals surface area contributed by atoms with Gasteiger partial charge in [0.15, 0.2) is 0 Å². The highest BCUT2D eigenvalue weighted by Gasteiger charge is 2.19. The molecule has 106 valence electrons. The highest BCUT2D eigenvalue weighted by molar-refractivity contribution is 5.26. The highest BCUT2D eigenvalue weighted by Crippen LogP contribution is 2.26. The maximum atomic E-state index is 13.9. The van der Waals surface area contributed by atoms with Crippen molar-refractivity contribution in [1.82, 2.24) is 5.32 Å². The Labute approximate surface area is 115 Å². The van der Waals surface area contributed by atoms with Gasteiger partial charge in [-0.3, -0.25) is 0 Å². The van der Waals surface area contributed by atoms with Gasteiger partial charge < -0.3 is 10.1 Å². The van der Waals surface area contributed by atoms with Crippen molar-refractivity contribution >= 4 is 0 Å². The summed E-state index contributed by atoms with van der Waals surface area (Å²) >= 11 is 0. The van der Waals surface area contributed by atoms with Gasteiger partial charge >= 0.3 is 0 Å². The lowest BCUT2D eigenvalue weighted by Crippen LogP contribution is -2.23. The van der Waals surface area contributed by atoms with Gasteiger partial charge in [0.2, 0.25) is 0 Å². The minimum absolute atomic E-state index is 0.0745. The zero-order chi connectivity index (χ0) is 13.7. The van der Waals surface area contributed by atoms with Gasteiger partial charge in [0.25, 0.3) is 0 Å². The average molecular weight is 265 g/mol. The Balaban J connectivity index is 1.97. The van der Waals surface area contributed by atoms with Gasteiger partial charge in [0.05, 0.1) is 6.10 Å². The fourth-order valence-corrected chi connectivity index (χ4v) is 2.77. The van der Waals surface area contributed by atoms with Crippen molar-refractivity contribution in [2.75, 3.05) is 13.7 Å². The lowest BCUT2D eigenvalue weighted by molar-refractivity contribution is 0.00860. The maximum Gasteiger partial charge on any atom is 0.127 e. The third-order valence-electron chi connectivity index (χ3n) is 3.93. The monoisotopic (exact) mass is 265 g/mol. The van der Waals surface area contributed by atoms with E-state index >= 15 is 0 Å². The molecule has 0 aromatic heterocycles. The predicted octanol–water partition coefficient (Wildman–Crippen LogP) is 3.74. The molecule has 1 aliphatic rings. The summed E-state index contributed by atoms with van der Waals surface area (Å²) in [5.41, 5.74) is 1.88. The van der Waals surface area contributed by atoms with Crippen LogP contribution in [0.1, 0.15) is 49.3 Å². The standard InChI is InChI=1S/C16H24FNO/c1-12-6-8-15(17)14(11-12)16(18-2)9-7-13-5-3-4-10-19-13/h6,8,11,13,16,18H,3-5,7,9-10H2,1-2H3. The lowest BCUT2D eigenvalue weighted by atomic mass is 9.96. The fourth-order valence-electron chi connectivity index (χ4n) is 2.77. The quantitative estimate of drug-likeness (QED) is 0.875. The largest absolute Gasteiger partial charge is 0.378 e. The van der Waals surface area contributed by atoms with Crippen molar-refractivity contribution in [1.29, 1.82) is 0 Å². The number of ether oxygens (including phenoxy) is 1. The Bertz CT molecular complexity index is 402. The van der Waals surface area contributed by atoms with Crippen LogP contribution in [0.15, 0.2) is 18.2 Å². The zero-order valence-corrected chi connectivity index (χ0v) is 11.9. The van der Waals surface area contributed by atoms with Crippen molar-refractivity contribution in [3.63, 3.8) is 0 Å². The third kappa shape index (κ3) is 4.02. The molecule has 0 bridgehead atoms. The van der Waals surface area contributed by atoms with Crippen molar-refractivity contribution in [3.05, 3.63) is 35.1 Å². The minimum atomic E-state index is -0.116. The van der Waals surface area contributed by atoms with E-state index in [1.807, 2.05) is 26.1 Å². The normalized spacial score (nSPS) is 21.3. The van der Waals surface area contributed by atoms with Crippen molar-refractivity contribution < 1.29 is 9.13 Å². The molecule has 1 aliphatic heterocycles. The molecule has 1 aromatic rings. The molecule has 2 atom stereocenters. The molecule has 0 spiro atoms. The van der Waals surface area contributed by atoms with Gasteiger partial charge in [0.1, 0.15) is 5.82 Å². The summed E-state index contributed by atoms with van der Waals surface area (Å²) in [6.45, 7) is 2.88. The Morgan fingerprint density at radius 1 is 1.42 bits per heavy atom. The topological polar surface area (TPSA) is 21.3 Å². The van der Waals surface area contributed by atoms with Gasteiger partial charge in [-0.2, -0.15) is 0 Å². The summed E-state index contributed by atoms with van der Waals surface area (Å²) in [5, 5.41) is 3.23. The second-order valence-electron chi connectivity index (χ2n) is 5.43. The number of nitrogens with one attached hydrogen (secondary N) is 1. The molecular formula is C16H24FNO. The van der Waals surface area contributed by atoms with Gasteiger partial charge in [-0.25, -0.2) is 4.39 Å². The number of benzene rings is 1. The van der Waals surface area contributed by atoms with E-state index in [-0.39, 0.29) is 11.9 Å². The second-order valence-corrected chi connectivity index (χ2v) is 5.43. The Kier molecular flexibility index (Phi) is 5.34. The highest BCUT2D eigenvalue weighted by atomic mass is 19.1. The first kappa shape index (κ1) is 14.5. The molecule has 3 heteroatoms. The van der Waals surface area contributed by atoms with Crippen molar-refractivity contribution in [3.8, 4) is 0 Å². The molecule has 0 radical (unpaired) electrons. The van der Waals surface area contributed by atoms with E-state index in [4.69, 9.17) is 4.74 Å². The van der Waals surface area contributed by atoms with Crippen LogP contribution in [0.2, 0.25) is 0 Å². The number of hydrogen-bond donors (Lipinski definition) is 1. The first-order valence-electron chi connectivity index (χ1n) is 7.25. The number of hydrogen-bond acceptors (Lipinski definition) is 2. The van der Waals surface area contributed by atoms with E-state index < -0.39 is 0 Å². The van der Waals surface area contributed by atoms with Gasteiger partial charge in [-0.05, 0) is 52.1 Å². The summed E-state index contributed by atoms with van der Waals surface area (Å²) < 4.78 is 19.6. The Hall–Kier alpha value is -0.930. The number of aryl methyl sites for hydroxylation is 1. The molecule has 2 nitrogen and oxygen atoms in total. The van der Waals surface area contributed by atoms with E-state index in [9.17, 15) is 4.39 Å². The van der Waals surface area contributed by atoms with E-state index in [0.29, 0.717) is 6.10 Å². The molecule has 1 fully saturated rings. The van der Waals surface area contributed by atoms with Gasteiger partial charge in [0, 0.05) is 18.2 Å². The summed E-state index contributed by atoms with van der Waals surface area (Å²) in [6.07, 6.45) is 5.86. The summed E-state index contributed by atoms with van der Waals surface area (Å²) in [4.78, 5) is 0. The first-order chi connectivity index (χ1) is 9.20. The Morgan fingerprint density at radius 3 is 2.95 bits per heavy atom. The summed E-state index contributed by atoms with van der Waals surface area (Å²) in [6, 6.07) is 5.39.